The monoisotopic (exact) mass is 177 g/mol. The average Bonchev–Trinajstić information content (AvgIpc) is 3.00. The van der Waals surface area contributed by atoms with Crippen LogP contribution in [0.3, 0.4) is 0 Å². The van der Waals surface area contributed by atoms with E-state index in [1.807, 2.05) is 6.07 Å². The van der Waals surface area contributed by atoms with E-state index in [-0.39, 0.29) is 5.95 Å². The summed E-state index contributed by atoms with van der Waals surface area (Å²) in [7, 11) is 0. The van der Waals surface area contributed by atoms with E-state index in [1.165, 1.54) is 37.3 Å². The van der Waals surface area contributed by atoms with Gasteiger partial charge in [-0.15, -0.1) is 0 Å². The van der Waals surface area contributed by atoms with Gasteiger partial charge in [0.05, 0.1) is 0 Å². The Kier molecular flexibility index (Phi) is 1.33. The zero-order chi connectivity index (χ0) is 8.89. The molecule has 2 aliphatic rings. The van der Waals surface area contributed by atoms with Crippen molar-refractivity contribution in [3.05, 3.63) is 29.8 Å². The van der Waals surface area contributed by atoms with Crippen LogP contribution in [0.15, 0.2) is 18.3 Å². The second-order valence-corrected chi connectivity index (χ2v) is 4.30. The molecule has 1 aromatic rings. The first-order valence-electron chi connectivity index (χ1n) is 4.93. The van der Waals surface area contributed by atoms with Crippen molar-refractivity contribution in [3.63, 3.8) is 0 Å². The fourth-order valence-electron chi connectivity index (χ4n) is 2.37. The van der Waals surface area contributed by atoms with Crippen molar-refractivity contribution in [2.75, 3.05) is 0 Å². The number of nitrogens with zero attached hydrogens (tertiary/aromatic N) is 1. The summed E-state index contributed by atoms with van der Waals surface area (Å²) in [5, 5.41) is 0. The molecule has 2 aliphatic carbocycles. The summed E-state index contributed by atoms with van der Waals surface area (Å²) >= 11 is 0. The highest BCUT2D eigenvalue weighted by atomic mass is 19.1. The number of aromatic nitrogens is 1. The van der Waals surface area contributed by atoms with E-state index >= 15 is 0 Å². The Hall–Kier alpha value is -0.920. The van der Waals surface area contributed by atoms with Crippen LogP contribution in [0.25, 0.3) is 0 Å². The molecule has 0 radical (unpaired) electrons. The minimum absolute atomic E-state index is 0.365. The first-order valence-corrected chi connectivity index (χ1v) is 4.93. The molecule has 0 unspecified atom stereocenters. The molecule has 0 bridgehead atoms. The maximum Gasteiger partial charge on any atom is 0.212 e. The molecule has 0 saturated heterocycles. The maximum absolute atomic E-state index is 12.6. The molecule has 0 amide bonds. The summed E-state index contributed by atoms with van der Waals surface area (Å²) in [5.41, 5.74) is 1.68. The van der Waals surface area contributed by atoms with Crippen LogP contribution in [0.4, 0.5) is 4.39 Å². The van der Waals surface area contributed by atoms with E-state index in [9.17, 15) is 4.39 Å². The summed E-state index contributed by atoms with van der Waals surface area (Å²) in [5.74, 6) is 0.509. The molecule has 13 heavy (non-hydrogen) atoms. The number of halogens is 1. The summed E-state index contributed by atoms with van der Waals surface area (Å²) in [6, 6.07) is 3.39. The third kappa shape index (κ3) is 1.08. The van der Waals surface area contributed by atoms with Crippen molar-refractivity contribution < 1.29 is 4.39 Å². The minimum Gasteiger partial charge on any atom is -0.228 e. The van der Waals surface area contributed by atoms with Crippen LogP contribution in [0.5, 0.6) is 0 Å². The van der Waals surface area contributed by atoms with Crippen LogP contribution >= 0.6 is 0 Å². The maximum atomic E-state index is 12.6. The van der Waals surface area contributed by atoms with Crippen LogP contribution in [-0.2, 0) is 5.41 Å². The third-order valence-electron chi connectivity index (χ3n) is 3.45. The largest absolute Gasteiger partial charge is 0.228 e. The molecule has 3 rings (SSSR count). The average molecular weight is 177 g/mol. The first-order chi connectivity index (χ1) is 6.31. The van der Waals surface area contributed by atoms with Gasteiger partial charge in [0.15, 0.2) is 0 Å². The lowest BCUT2D eigenvalue weighted by atomic mass is 9.92. The summed E-state index contributed by atoms with van der Waals surface area (Å²) in [6.45, 7) is 0. The fraction of sp³-hybridized carbons (Fsp3) is 0.545. The van der Waals surface area contributed by atoms with Gasteiger partial charge >= 0.3 is 0 Å². The molecule has 2 fully saturated rings. The number of rotatable bonds is 2. The Labute approximate surface area is 77.0 Å². The highest BCUT2D eigenvalue weighted by Gasteiger charge is 2.54. The molecule has 0 aliphatic heterocycles. The number of hydrogen-bond acceptors (Lipinski definition) is 1. The van der Waals surface area contributed by atoms with E-state index in [2.05, 4.69) is 4.98 Å². The van der Waals surface area contributed by atoms with Crippen LogP contribution in [-0.4, -0.2) is 4.98 Å². The molecular formula is C11H12FN. The zero-order valence-corrected chi connectivity index (χ0v) is 7.46. The van der Waals surface area contributed by atoms with Gasteiger partial charge in [-0.1, -0.05) is 6.07 Å². The normalized spacial score (nSPS) is 24.4. The Morgan fingerprint density at radius 3 is 2.54 bits per heavy atom. The molecule has 68 valence electrons. The lowest BCUT2D eigenvalue weighted by Gasteiger charge is -2.13. The fourth-order valence-corrected chi connectivity index (χ4v) is 2.37. The summed E-state index contributed by atoms with van der Waals surface area (Å²) in [6.07, 6.45) is 7.01. The van der Waals surface area contributed by atoms with Crippen LogP contribution in [0, 0.1) is 11.9 Å². The van der Waals surface area contributed by atoms with Crippen molar-refractivity contribution in [1.29, 1.82) is 0 Å². The van der Waals surface area contributed by atoms with Crippen molar-refractivity contribution in [2.24, 2.45) is 5.92 Å². The van der Waals surface area contributed by atoms with Gasteiger partial charge in [0.2, 0.25) is 5.95 Å². The lowest BCUT2D eigenvalue weighted by Crippen LogP contribution is -2.09. The first kappa shape index (κ1) is 7.48. The van der Waals surface area contributed by atoms with E-state index in [0.29, 0.717) is 5.41 Å². The van der Waals surface area contributed by atoms with Crippen LogP contribution < -0.4 is 0 Å². The van der Waals surface area contributed by atoms with Crippen LogP contribution in [0.2, 0.25) is 0 Å². The Balaban J connectivity index is 1.95. The summed E-state index contributed by atoms with van der Waals surface area (Å²) in [4.78, 5) is 3.73. The molecule has 2 heteroatoms. The van der Waals surface area contributed by atoms with E-state index in [0.717, 1.165) is 5.92 Å². The Morgan fingerprint density at radius 2 is 2.08 bits per heavy atom. The van der Waals surface area contributed by atoms with Gasteiger partial charge < -0.3 is 0 Å². The van der Waals surface area contributed by atoms with Gasteiger partial charge in [-0.3, -0.25) is 0 Å². The molecule has 0 atom stereocenters. The van der Waals surface area contributed by atoms with Crippen molar-refractivity contribution in [1.82, 2.24) is 4.98 Å². The molecule has 1 aromatic heterocycles. The number of pyridine rings is 1. The molecule has 1 heterocycles. The molecular weight excluding hydrogens is 165 g/mol. The van der Waals surface area contributed by atoms with E-state index in [1.54, 1.807) is 6.20 Å². The predicted molar refractivity (Wildman–Crippen MR) is 47.8 cm³/mol. The predicted octanol–water partition coefficient (Wildman–Crippen LogP) is 2.66. The smallest absolute Gasteiger partial charge is 0.212 e. The van der Waals surface area contributed by atoms with E-state index < -0.39 is 0 Å². The highest BCUT2D eigenvalue weighted by molar-refractivity contribution is 5.32. The standard InChI is InChI=1S/C11H12FN/c12-10-4-3-9(7-13-10)11(5-6-11)8-1-2-8/h3-4,7-8H,1-2,5-6H2. The Morgan fingerprint density at radius 1 is 1.31 bits per heavy atom. The van der Waals surface area contributed by atoms with Crippen molar-refractivity contribution in [2.45, 2.75) is 31.1 Å². The lowest BCUT2D eigenvalue weighted by molar-refractivity contribution is 0.563. The van der Waals surface area contributed by atoms with Gasteiger partial charge in [0.1, 0.15) is 0 Å². The molecule has 2 saturated carbocycles. The quantitative estimate of drug-likeness (QED) is 0.633. The van der Waals surface area contributed by atoms with Gasteiger partial charge in [0, 0.05) is 6.20 Å². The SMILES string of the molecule is Fc1ccc(C2(C3CC3)CC2)cn1. The second-order valence-electron chi connectivity index (χ2n) is 4.30. The number of hydrogen-bond donors (Lipinski definition) is 0. The zero-order valence-electron chi connectivity index (χ0n) is 7.46. The van der Waals surface area contributed by atoms with Crippen molar-refractivity contribution in [3.8, 4) is 0 Å². The van der Waals surface area contributed by atoms with Crippen LogP contribution in [0.1, 0.15) is 31.2 Å². The van der Waals surface area contributed by atoms with Gasteiger partial charge in [0.25, 0.3) is 0 Å². The third-order valence-corrected chi connectivity index (χ3v) is 3.45. The topological polar surface area (TPSA) is 12.9 Å². The summed E-state index contributed by atoms with van der Waals surface area (Å²) < 4.78 is 12.6. The highest BCUT2D eigenvalue weighted by Crippen LogP contribution is 2.62. The second kappa shape index (κ2) is 2.31. The molecule has 0 N–H and O–H groups in total. The molecule has 0 aromatic carbocycles. The molecule has 0 spiro atoms. The van der Waals surface area contributed by atoms with E-state index in [4.69, 9.17) is 0 Å². The van der Waals surface area contributed by atoms with Gasteiger partial charge in [-0.05, 0) is 48.6 Å². The van der Waals surface area contributed by atoms with Gasteiger partial charge in [-0.2, -0.15) is 4.39 Å². The Bertz CT molecular complexity index is 322. The van der Waals surface area contributed by atoms with Gasteiger partial charge in [-0.25, -0.2) is 4.98 Å². The van der Waals surface area contributed by atoms with Crippen molar-refractivity contribution >= 4 is 0 Å². The minimum atomic E-state index is -0.365. The molecule has 1 nitrogen and oxygen atoms in total.